The van der Waals surface area contributed by atoms with E-state index in [1.54, 1.807) is 6.92 Å². The smallest absolute Gasteiger partial charge is 0.369 e. The molecule has 0 amide bonds. The van der Waals surface area contributed by atoms with Crippen LogP contribution >= 0.6 is 0 Å². The Morgan fingerprint density at radius 3 is 2.00 bits per heavy atom. The van der Waals surface area contributed by atoms with Crippen molar-refractivity contribution >= 4 is 0 Å². The molecule has 0 aliphatic carbocycles. The average molecular weight is 254 g/mol. The quantitative estimate of drug-likeness (QED) is 0.493. The van der Waals surface area contributed by atoms with E-state index in [0.717, 1.165) is 19.3 Å². The number of hydrogen-bond acceptors (Lipinski definition) is 1. The monoisotopic (exact) mass is 254 g/mol. The fraction of sp³-hybridized carbons (Fsp3) is 1.00. The normalized spacial score (nSPS) is 13.9. The molecule has 1 atom stereocenters. The van der Waals surface area contributed by atoms with Gasteiger partial charge in [0.15, 0.2) is 0 Å². The fourth-order valence-corrected chi connectivity index (χ4v) is 1.71. The number of halogens is 3. The molecule has 0 aromatic heterocycles. The minimum Gasteiger partial charge on any atom is -0.369 e. The summed E-state index contributed by atoms with van der Waals surface area (Å²) in [6, 6.07) is 0. The van der Waals surface area contributed by atoms with Gasteiger partial charge in [-0.2, -0.15) is 13.2 Å². The Labute approximate surface area is 103 Å². The predicted octanol–water partition coefficient (Wildman–Crippen LogP) is 5.09. The summed E-state index contributed by atoms with van der Waals surface area (Å²) in [7, 11) is 0. The highest BCUT2D eigenvalue weighted by Crippen LogP contribution is 2.17. The molecular formula is C13H25F3O. The van der Waals surface area contributed by atoms with Gasteiger partial charge < -0.3 is 4.74 Å². The first-order valence-electron chi connectivity index (χ1n) is 6.64. The molecule has 0 spiro atoms. The molecule has 4 heteroatoms. The molecule has 1 unspecified atom stereocenters. The van der Waals surface area contributed by atoms with Crippen molar-refractivity contribution in [2.45, 2.75) is 77.5 Å². The van der Waals surface area contributed by atoms with E-state index in [-0.39, 0.29) is 6.10 Å². The lowest BCUT2D eigenvalue weighted by Crippen LogP contribution is -2.21. The molecule has 0 rings (SSSR count). The van der Waals surface area contributed by atoms with E-state index < -0.39 is 12.8 Å². The zero-order valence-electron chi connectivity index (χ0n) is 11.0. The van der Waals surface area contributed by atoms with Crippen molar-refractivity contribution in [3.63, 3.8) is 0 Å². The molecule has 1 nitrogen and oxygen atoms in total. The third kappa shape index (κ3) is 13.7. The third-order valence-electron chi connectivity index (χ3n) is 2.75. The van der Waals surface area contributed by atoms with Crippen LogP contribution < -0.4 is 0 Å². The second kappa shape index (κ2) is 9.75. The Hall–Kier alpha value is -0.250. The maximum absolute atomic E-state index is 11.9. The standard InChI is InChI=1S/C13H25F3O/c1-3-4-5-6-7-8-9-10-12(2)17-11-13(14,15)16/h12H,3-11H2,1-2H3. The zero-order chi connectivity index (χ0) is 13.1. The van der Waals surface area contributed by atoms with Crippen LogP contribution in [0.1, 0.15) is 65.2 Å². The fourth-order valence-electron chi connectivity index (χ4n) is 1.71. The second-order valence-electron chi connectivity index (χ2n) is 4.65. The Morgan fingerprint density at radius 1 is 0.941 bits per heavy atom. The minimum absolute atomic E-state index is 0.285. The lowest BCUT2D eigenvalue weighted by Gasteiger charge is -2.14. The number of rotatable bonds is 10. The maximum atomic E-state index is 11.9. The van der Waals surface area contributed by atoms with Crippen LogP contribution in [0.15, 0.2) is 0 Å². The molecule has 0 aliphatic heterocycles. The molecule has 0 fully saturated rings. The van der Waals surface area contributed by atoms with E-state index in [1.165, 1.54) is 32.1 Å². The van der Waals surface area contributed by atoms with Crippen LogP contribution in [0, 0.1) is 0 Å². The predicted molar refractivity (Wildman–Crippen MR) is 64.1 cm³/mol. The van der Waals surface area contributed by atoms with Crippen LogP contribution in [0.5, 0.6) is 0 Å². The number of alkyl halides is 3. The molecule has 0 aliphatic rings. The zero-order valence-corrected chi connectivity index (χ0v) is 11.0. The van der Waals surface area contributed by atoms with Gasteiger partial charge >= 0.3 is 6.18 Å². The van der Waals surface area contributed by atoms with Crippen LogP contribution in [-0.2, 0) is 4.74 Å². The number of hydrogen-bond donors (Lipinski definition) is 0. The molecule has 17 heavy (non-hydrogen) atoms. The summed E-state index contributed by atoms with van der Waals surface area (Å²) in [5.41, 5.74) is 0. The molecule has 0 N–H and O–H groups in total. The van der Waals surface area contributed by atoms with Gasteiger partial charge in [0.25, 0.3) is 0 Å². The van der Waals surface area contributed by atoms with Crippen LogP contribution in [0.4, 0.5) is 13.2 Å². The van der Waals surface area contributed by atoms with Crippen molar-refractivity contribution in [2.24, 2.45) is 0 Å². The molecule has 0 saturated carbocycles. The van der Waals surface area contributed by atoms with Crippen molar-refractivity contribution in [3.8, 4) is 0 Å². The highest BCUT2D eigenvalue weighted by Gasteiger charge is 2.28. The molecule has 0 radical (unpaired) electrons. The number of ether oxygens (including phenoxy) is 1. The third-order valence-corrected chi connectivity index (χ3v) is 2.75. The van der Waals surface area contributed by atoms with Crippen molar-refractivity contribution in [2.75, 3.05) is 6.61 Å². The molecule has 0 saturated heterocycles. The van der Waals surface area contributed by atoms with Crippen molar-refractivity contribution in [1.82, 2.24) is 0 Å². The molecule has 0 aromatic rings. The van der Waals surface area contributed by atoms with Gasteiger partial charge in [-0.1, -0.05) is 51.9 Å². The van der Waals surface area contributed by atoms with E-state index in [4.69, 9.17) is 4.74 Å². The van der Waals surface area contributed by atoms with E-state index in [1.807, 2.05) is 0 Å². The average Bonchev–Trinajstić information content (AvgIpc) is 2.24. The highest BCUT2D eigenvalue weighted by atomic mass is 19.4. The van der Waals surface area contributed by atoms with E-state index in [0.29, 0.717) is 0 Å². The molecule has 0 aromatic carbocycles. The first-order chi connectivity index (χ1) is 7.95. The van der Waals surface area contributed by atoms with Gasteiger partial charge in [-0.15, -0.1) is 0 Å². The first kappa shape index (κ1) is 16.8. The Balaban J connectivity index is 3.25. The van der Waals surface area contributed by atoms with E-state index >= 15 is 0 Å². The topological polar surface area (TPSA) is 9.23 Å². The first-order valence-corrected chi connectivity index (χ1v) is 6.64. The summed E-state index contributed by atoms with van der Waals surface area (Å²) >= 11 is 0. The lowest BCUT2D eigenvalue weighted by molar-refractivity contribution is -0.184. The van der Waals surface area contributed by atoms with Gasteiger partial charge in [0, 0.05) is 0 Å². The summed E-state index contributed by atoms with van der Waals surface area (Å²) in [6.07, 6.45) is 4.53. The van der Waals surface area contributed by atoms with Crippen molar-refractivity contribution in [3.05, 3.63) is 0 Å². The lowest BCUT2D eigenvalue weighted by atomic mass is 10.1. The van der Waals surface area contributed by atoms with Gasteiger partial charge in [0.1, 0.15) is 6.61 Å². The van der Waals surface area contributed by atoms with Gasteiger partial charge in [0.2, 0.25) is 0 Å². The second-order valence-corrected chi connectivity index (χ2v) is 4.65. The Morgan fingerprint density at radius 2 is 1.47 bits per heavy atom. The van der Waals surface area contributed by atoms with Gasteiger partial charge in [-0.3, -0.25) is 0 Å². The van der Waals surface area contributed by atoms with Crippen LogP contribution in [-0.4, -0.2) is 18.9 Å². The van der Waals surface area contributed by atoms with Gasteiger partial charge in [-0.05, 0) is 13.3 Å². The summed E-state index contributed by atoms with van der Waals surface area (Å²) in [5.74, 6) is 0. The highest BCUT2D eigenvalue weighted by molar-refractivity contribution is 4.55. The van der Waals surface area contributed by atoms with Gasteiger partial charge in [0.05, 0.1) is 6.10 Å². The van der Waals surface area contributed by atoms with Crippen molar-refractivity contribution in [1.29, 1.82) is 0 Å². The molecule has 0 bridgehead atoms. The Kier molecular flexibility index (Phi) is 9.60. The van der Waals surface area contributed by atoms with Crippen molar-refractivity contribution < 1.29 is 17.9 Å². The van der Waals surface area contributed by atoms with Crippen LogP contribution in [0.2, 0.25) is 0 Å². The van der Waals surface area contributed by atoms with Gasteiger partial charge in [-0.25, -0.2) is 0 Å². The van der Waals surface area contributed by atoms with E-state index in [9.17, 15) is 13.2 Å². The molecule has 104 valence electrons. The summed E-state index contributed by atoms with van der Waals surface area (Å²) in [5, 5.41) is 0. The van der Waals surface area contributed by atoms with Crippen LogP contribution in [0.25, 0.3) is 0 Å². The number of unbranched alkanes of at least 4 members (excludes halogenated alkanes) is 6. The summed E-state index contributed by atoms with van der Waals surface area (Å²) in [6.45, 7) is 2.77. The summed E-state index contributed by atoms with van der Waals surface area (Å²) in [4.78, 5) is 0. The summed E-state index contributed by atoms with van der Waals surface area (Å²) < 4.78 is 40.3. The maximum Gasteiger partial charge on any atom is 0.411 e. The largest absolute Gasteiger partial charge is 0.411 e. The molecule has 0 heterocycles. The van der Waals surface area contributed by atoms with E-state index in [2.05, 4.69) is 6.92 Å². The SMILES string of the molecule is CCCCCCCCCC(C)OCC(F)(F)F. The van der Waals surface area contributed by atoms with Crippen LogP contribution in [0.3, 0.4) is 0 Å². The molecular weight excluding hydrogens is 229 g/mol. The Bertz CT molecular complexity index is 169. The minimum atomic E-state index is -4.20.